The van der Waals surface area contributed by atoms with E-state index in [4.69, 9.17) is 0 Å². The average Bonchev–Trinajstić information content (AvgIpc) is 2.95. The number of rotatable bonds is 2. The molecule has 2 aliphatic heterocycles. The molecule has 20 heavy (non-hydrogen) atoms. The second kappa shape index (κ2) is 5.25. The number of fused-ring (bicyclic) bond motifs is 1. The number of carboxylic acid groups (broad SMARTS) is 1. The molecule has 0 saturated carbocycles. The minimum atomic E-state index is -0.896. The van der Waals surface area contributed by atoms with Crippen molar-refractivity contribution < 1.29 is 14.7 Å². The number of hydrogen-bond donors (Lipinski definition) is 2. The molecule has 0 aliphatic carbocycles. The number of carboxylic acids is 1. The molecular formula is C15H18N2O3. The van der Waals surface area contributed by atoms with Crippen LogP contribution in [0.2, 0.25) is 0 Å². The molecule has 2 aliphatic rings. The molecular weight excluding hydrogens is 256 g/mol. The smallest absolute Gasteiger partial charge is 0.326 e. The Morgan fingerprint density at radius 3 is 2.75 bits per heavy atom. The summed E-state index contributed by atoms with van der Waals surface area (Å²) in [7, 11) is 0. The second-order valence-corrected chi connectivity index (χ2v) is 5.43. The molecule has 1 unspecified atom stereocenters. The van der Waals surface area contributed by atoms with E-state index in [1.54, 1.807) is 0 Å². The quantitative estimate of drug-likeness (QED) is 0.836. The molecule has 2 N–H and O–H groups in total. The van der Waals surface area contributed by atoms with Crippen LogP contribution in [0.5, 0.6) is 0 Å². The number of likely N-dealkylation sites (tertiary alicyclic amines) is 1. The van der Waals surface area contributed by atoms with Crippen molar-refractivity contribution in [2.24, 2.45) is 0 Å². The molecule has 1 amide bonds. The van der Waals surface area contributed by atoms with E-state index in [0.717, 1.165) is 6.42 Å². The number of carbonyl (C=O) groups is 2. The highest BCUT2D eigenvalue weighted by Crippen LogP contribution is 2.22. The summed E-state index contributed by atoms with van der Waals surface area (Å²) in [6.07, 6.45) is 1.97. The van der Waals surface area contributed by atoms with Crippen LogP contribution < -0.4 is 5.32 Å². The lowest BCUT2D eigenvalue weighted by atomic mass is 9.95. The van der Waals surface area contributed by atoms with Gasteiger partial charge in [0.25, 0.3) is 0 Å². The number of carbonyl (C=O) groups excluding carboxylic acids is 1. The Labute approximate surface area is 117 Å². The molecule has 106 valence electrons. The van der Waals surface area contributed by atoms with Crippen molar-refractivity contribution in [1.82, 2.24) is 10.2 Å². The third-order valence-corrected chi connectivity index (χ3v) is 4.20. The van der Waals surface area contributed by atoms with Gasteiger partial charge in [0.1, 0.15) is 6.04 Å². The van der Waals surface area contributed by atoms with Crippen LogP contribution in [0.15, 0.2) is 24.3 Å². The highest BCUT2D eigenvalue weighted by molar-refractivity contribution is 5.88. The molecule has 1 aromatic rings. The predicted molar refractivity (Wildman–Crippen MR) is 73.1 cm³/mol. The van der Waals surface area contributed by atoms with E-state index in [2.05, 4.69) is 11.4 Å². The number of hydrogen-bond acceptors (Lipinski definition) is 3. The predicted octanol–water partition coefficient (Wildman–Crippen LogP) is 0.776. The van der Waals surface area contributed by atoms with Gasteiger partial charge in [-0.05, 0) is 30.4 Å². The maximum absolute atomic E-state index is 12.5. The molecule has 1 saturated heterocycles. The van der Waals surface area contributed by atoms with Crippen LogP contribution in [-0.4, -0.2) is 40.5 Å². The van der Waals surface area contributed by atoms with Gasteiger partial charge in [-0.3, -0.25) is 4.79 Å². The van der Waals surface area contributed by atoms with Crippen molar-refractivity contribution in [1.29, 1.82) is 0 Å². The normalized spacial score (nSPS) is 25.3. The van der Waals surface area contributed by atoms with Gasteiger partial charge < -0.3 is 15.3 Å². The summed E-state index contributed by atoms with van der Waals surface area (Å²) in [6.45, 7) is 1.22. The topological polar surface area (TPSA) is 69.6 Å². The lowest BCUT2D eigenvalue weighted by Crippen LogP contribution is -2.52. The summed E-state index contributed by atoms with van der Waals surface area (Å²) in [4.78, 5) is 25.2. The van der Waals surface area contributed by atoms with Gasteiger partial charge in [0.05, 0.1) is 6.04 Å². The molecule has 2 heterocycles. The minimum absolute atomic E-state index is 0.0793. The molecule has 2 atom stereocenters. The third kappa shape index (κ3) is 2.29. The van der Waals surface area contributed by atoms with Gasteiger partial charge in [-0.2, -0.15) is 0 Å². The Morgan fingerprint density at radius 1 is 1.25 bits per heavy atom. The molecule has 5 nitrogen and oxygen atoms in total. The molecule has 5 heteroatoms. The van der Waals surface area contributed by atoms with Crippen LogP contribution in [0.1, 0.15) is 24.0 Å². The largest absolute Gasteiger partial charge is 0.480 e. The number of nitrogens with one attached hydrogen (secondary N) is 1. The Kier molecular flexibility index (Phi) is 3.44. The van der Waals surface area contributed by atoms with Crippen LogP contribution in [0, 0.1) is 0 Å². The van der Waals surface area contributed by atoms with Gasteiger partial charge in [0.2, 0.25) is 5.91 Å². The lowest BCUT2D eigenvalue weighted by Gasteiger charge is -2.30. The average molecular weight is 274 g/mol. The van der Waals surface area contributed by atoms with Gasteiger partial charge in [-0.1, -0.05) is 24.3 Å². The highest BCUT2D eigenvalue weighted by Gasteiger charge is 2.37. The fourth-order valence-electron chi connectivity index (χ4n) is 3.12. The van der Waals surface area contributed by atoms with Gasteiger partial charge in [-0.15, -0.1) is 0 Å². The second-order valence-electron chi connectivity index (χ2n) is 5.43. The van der Waals surface area contributed by atoms with Crippen molar-refractivity contribution in [2.45, 2.75) is 37.9 Å². The number of benzene rings is 1. The van der Waals surface area contributed by atoms with Crippen LogP contribution in [0.3, 0.4) is 0 Å². The van der Waals surface area contributed by atoms with E-state index in [-0.39, 0.29) is 11.9 Å². The maximum Gasteiger partial charge on any atom is 0.326 e. The molecule has 1 fully saturated rings. The highest BCUT2D eigenvalue weighted by atomic mass is 16.4. The van der Waals surface area contributed by atoms with E-state index >= 15 is 0 Å². The van der Waals surface area contributed by atoms with E-state index in [9.17, 15) is 14.7 Å². The fraction of sp³-hybridized carbons (Fsp3) is 0.467. The van der Waals surface area contributed by atoms with Crippen molar-refractivity contribution in [3.8, 4) is 0 Å². The fourth-order valence-corrected chi connectivity index (χ4v) is 3.12. The summed E-state index contributed by atoms with van der Waals surface area (Å²) in [5.41, 5.74) is 2.39. The van der Waals surface area contributed by atoms with Crippen molar-refractivity contribution in [3.05, 3.63) is 35.4 Å². The van der Waals surface area contributed by atoms with Gasteiger partial charge in [-0.25, -0.2) is 4.79 Å². The molecule has 0 bridgehead atoms. The van der Waals surface area contributed by atoms with Gasteiger partial charge in [0.15, 0.2) is 0 Å². The first-order valence-corrected chi connectivity index (χ1v) is 7.00. The Bertz CT molecular complexity index is 544. The Balaban J connectivity index is 1.74. The van der Waals surface area contributed by atoms with E-state index < -0.39 is 12.0 Å². The van der Waals surface area contributed by atoms with Crippen molar-refractivity contribution in [3.63, 3.8) is 0 Å². The lowest BCUT2D eigenvalue weighted by molar-refractivity contribution is -0.149. The van der Waals surface area contributed by atoms with Crippen LogP contribution >= 0.6 is 0 Å². The van der Waals surface area contributed by atoms with E-state index in [1.807, 2.05) is 18.2 Å². The molecule has 0 spiro atoms. The molecule has 0 aromatic heterocycles. The van der Waals surface area contributed by atoms with Crippen molar-refractivity contribution >= 4 is 11.9 Å². The summed E-state index contributed by atoms with van der Waals surface area (Å²) in [6, 6.07) is 7.10. The van der Waals surface area contributed by atoms with Crippen LogP contribution in [0.25, 0.3) is 0 Å². The number of nitrogens with zero attached hydrogens (tertiary/aromatic N) is 1. The summed E-state index contributed by atoms with van der Waals surface area (Å²) >= 11 is 0. The first kappa shape index (κ1) is 13.1. The van der Waals surface area contributed by atoms with Crippen LogP contribution in [0.4, 0.5) is 0 Å². The first-order chi connectivity index (χ1) is 9.66. The zero-order valence-corrected chi connectivity index (χ0v) is 11.2. The Hall–Kier alpha value is -1.88. The zero-order valence-electron chi connectivity index (χ0n) is 11.2. The van der Waals surface area contributed by atoms with Crippen LogP contribution in [-0.2, 0) is 22.6 Å². The zero-order chi connectivity index (χ0) is 14.1. The minimum Gasteiger partial charge on any atom is -0.480 e. The standard InChI is InChI=1S/C15H18N2O3/c18-14(17-7-3-6-13(17)15(19)20)12-8-10-4-1-2-5-11(10)9-16-12/h1-2,4-5,12-13,16H,3,6-9H2,(H,19,20)/t12-,13?/m1/s1. The van der Waals surface area contributed by atoms with Gasteiger partial charge in [0, 0.05) is 13.1 Å². The molecule has 3 rings (SSSR count). The van der Waals surface area contributed by atoms with Gasteiger partial charge >= 0.3 is 5.97 Å². The van der Waals surface area contributed by atoms with E-state index in [1.165, 1.54) is 16.0 Å². The molecule has 0 radical (unpaired) electrons. The summed E-state index contributed by atoms with van der Waals surface area (Å²) in [5, 5.41) is 12.4. The summed E-state index contributed by atoms with van der Waals surface area (Å²) in [5.74, 6) is -0.975. The number of aliphatic carboxylic acids is 1. The van der Waals surface area contributed by atoms with Crippen molar-refractivity contribution in [2.75, 3.05) is 6.54 Å². The third-order valence-electron chi connectivity index (χ3n) is 4.20. The number of amides is 1. The first-order valence-electron chi connectivity index (χ1n) is 7.00. The Morgan fingerprint density at radius 2 is 2.00 bits per heavy atom. The maximum atomic E-state index is 12.5. The monoisotopic (exact) mass is 274 g/mol. The molecule has 1 aromatic carbocycles. The summed E-state index contributed by atoms with van der Waals surface area (Å²) < 4.78 is 0. The SMILES string of the molecule is O=C(O)C1CCCN1C(=O)[C@H]1Cc2ccccc2CN1. The van der Waals surface area contributed by atoms with E-state index in [0.29, 0.717) is 25.9 Å².